The van der Waals surface area contributed by atoms with Crippen LogP contribution >= 0.6 is 0 Å². The maximum atomic E-state index is 13.0. The Kier molecular flexibility index (Phi) is 9.74. The van der Waals surface area contributed by atoms with Crippen LogP contribution in [0.2, 0.25) is 0 Å². The van der Waals surface area contributed by atoms with Gasteiger partial charge in [-0.3, -0.25) is 0 Å². The van der Waals surface area contributed by atoms with Crippen molar-refractivity contribution < 1.29 is 48.3 Å². The van der Waals surface area contributed by atoms with Gasteiger partial charge in [0.2, 0.25) is 0 Å². The molecular weight excluding hydrogens is 604 g/mol. The van der Waals surface area contributed by atoms with Crippen molar-refractivity contribution in [1.29, 1.82) is 0 Å². The highest BCUT2D eigenvalue weighted by Crippen LogP contribution is 2.76. The molecule has 0 aromatic rings. The van der Waals surface area contributed by atoms with Gasteiger partial charge in [0.05, 0.1) is 0 Å². The van der Waals surface area contributed by atoms with Gasteiger partial charge in [-0.05, 0) is 111 Å². The van der Waals surface area contributed by atoms with E-state index < -0.39 is 42.7 Å². The van der Waals surface area contributed by atoms with E-state index in [0.717, 1.165) is 69.8 Å². The van der Waals surface area contributed by atoms with E-state index in [2.05, 4.69) is 48.1 Å². The van der Waals surface area contributed by atoms with Crippen LogP contribution in [0, 0.1) is 51.2 Å². The number of ether oxygens (including phenoxy) is 4. The largest absolute Gasteiger partial charge is 0.480 e. The third-order valence-corrected chi connectivity index (χ3v) is 14.4. The number of aliphatic carboxylic acids is 2. The van der Waals surface area contributed by atoms with Gasteiger partial charge in [-0.2, -0.15) is 0 Å². The smallest absolute Gasteiger partial charge is 0.332 e. The first-order valence-electron chi connectivity index (χ1n) is 17.6. The average molecular weight is 661 g/mol. The second kappa shape index (κ2) is 12.8. The van der Waals surface area contributed by atoms with E-state index >= 15 is 0 Å². The van der Waals surface area contributed by atoms with Gasteiger partial charge in [-0.15, -0.1) is 0 Å². The Hall–Kier alpha value is -2.46. The average Bonchev–Trinajstić information content (AvgIpc) is 3.34. The summed E-state index contributed by atoms with van der Waals surface area (Å²) in [6.45, 7) is 16.7. The number of carbonyl (C=O) groups excluding carboxylic acids is 2. The summed E-state index contributed by atoms with van der Waals surface area (Å²) in [5.74, 6) is -1.56. The molecule has 5 rings (SSSR count). The number of fused-ring (bicyclic) bond motifs is 7. The number of esters is 2. The van der Waals surface area contributed by atoms with Crippen molar-refractivity contribution in [3.8, 4) is 0 Å². The van der Waals surface area contributed by atoms with Crippen LogP contribution in [-0.2, 0) is 38.1 Å². The molecule has 5 aliphatic rings. The Morgan fingerprint density at radius 1 is 0.702 bits per heavy atom. The fraction of sp³-hybridized carbons (Fsp3) is 0.838. The Morgan fingerprint density at radius 2 is 1.34 bits per heavy atom. The SMILES string of the molecule is C=C(C)C1CCC2(OC(=O)COCC(=O)O)CCC3(C)C(CCC4C5(C)CCC(OC(=O)COCC(=O)O)C(C)(C)C5CCC43C)C12. The first kappa shape index (κ1) is 35.8. The van der Waals surface area contributed by atoms with Gasteiger partial charge in [0.25, 0.3) is 0 Å². The number of carbonyl (C=O) groups is 4. The lowest BCUT2D eigenvalue weighted by Gasteiger charge is -2.72. The summed E-state index contributed by atoms with van der Waals surface area (Å²) in [5, 5.41) is 17.8. The van der Waals surface area contributed by atoms with E-state index in [1.165, 1.54) is 0 Å². The van der Waals surface area contributed by atoms with E-state index in [4.69, 9.17) is 29.2 Å². The highest BCUT2D eigenvalue weighted by Gasteiger charge is 2.71. The van der Waals surface area contributed by atoms with Gasteiger partial charge in [-0.25, -0.2) is 19.2 Å². The van der Waals surface area contributed by atoms with Crippen LogP contribution in [-0.4, -0.2) is 72.2 Å². The normalized spacial score (nSPS) is 41.7. The van der Waals surface area contributed by atoms with Gasteiger partial charge < -0.3 is 29.2 Å². The fourth-order valence-corrected chi connectivity index (χ4v) is 12.3. The van der Waals surface area contributed by atoms with Gasteiger partial charge in [0, 0.05) is 11.3 Å². The molecule has 2 N–H and O–H groups in total. The van der Waals surface area contributed by atoms with Crippen LogP contribution in [0.5, 0.6) is 0 Å². The third kappa shape index (κ3) is 6.04. The third-order valence-electron chi connectivity index (χ3n) is 14.4. The van der Waals surface area contributed by atoms with Crippen LogP contribution in [0.3, 0.4) is 0 Å². The first-order valence-corrected chi connectivity index (χ1v) is 17.6. The maximum absolute atomic E-state index is 13.0. The molecule has 10 unspecified atom stereocenters. The van der Waals surface area contributed by atoms with Crippen molar-refractivity contribution in [3.05, 3.63) is 12.2 Å². The molecule has 0 radical (unpaired) electrons. The molecule has 0 spiro atoms. The van der Waals surface area contributed by atoms with Crippen LogP contribution in [0.15, 0.2) is 12.2 Å². The van der Waals surface area contributed by atoms with E-state index in [-0.39, 0.29) is 52.8 Å². The lowest BCUT2D eigenvalue weighted by Crippen LogP contribution is -2.67. The minimum atomic E-state index is -1.12. The molecule has 5 saturated carbocycles. The number of carboxylic acids is 2. The van der Waals surface area contributed by atoms with Crippen LogP contribution < -0.4 is 0 Å². The molecule has 0 saturated heterocycles. The van der Waals surface area contributed by atoms with Gasteiger partial charge in [0.15, 0.2) is 0 Å². The molecule has 264 valence electrons. The lowest BCUT2D eigenvalue weighted by molar-refractivity contribution is -0.259. The Morgan fingerprint density at radius 3 is 1.96 bits per heavy atom. The first-order chi connectivity index (χ1) is 21.9. The summed E-state index contributed by atoms with van der Waals surface area (Å²) >= 11 is 0. The lowest BCUT2D eigenvalue weighted by atomic mass is 9.33. The Bertz CT molecular complexity index is 1280. The highest BCUT2D eigenvalue weighted by atomic mass is 16.6. The Labute approximate surface area is 279 Å². The van der Waals surface area contributed by atoms with Crippen LogP contribution in [0.25, 0.3) is 0 Å². The van der Waals surface area contributed by atoms with E-state index in [1.807, 2.05) is 0 Å². The number of hydrogen-bond donors (Lipinski definition) is 2. The second-order valence-electron chi connectivity index (χ2n) is 16.8. The minimum Gasteiger partial charge on any atom is -0.480 e. The molecule has 0 aliphatic heterocycles. The molecule has 0 amide bonds. The van der Waals surface area contributed by atoms with E-state index in [9.17, 15) is 19.2 Å². The minimum absolute atomic E-state index is 0.0389. The van der Waals surface area contributed by atoms with Crippen LogP contribution in [0.1, 0.15) is 106 Å². The van der Waals surface area contributed by atoms with Crippen molar-refractivity contribution in [2.45, 2.75) is 117 Å². The summed E-state index contributed by atoms with van der Waals surface area (Å²) in [6.07, 6.45) is 9.23. The molecule has 10 heteroatoms. The number of carboxylic acid groups (broad SMARTS) is 2. The van der Waals surface area contributed by atoms with Gasteiger partial charge in [0.1, 0.15) is 38.1 Å². The maximum Gasteiger partial charge on any atom is 0.332 e. The zero-order valence-electron chi connectivity index (χ0n) is 29.2. The Balaban J connectivity index is 1.37. The molecule has 10 nitrogen and oxygen atoms in total. The van der Waals surface area contributed by atoms with E-state index in [0.29, 0.717) is 17.8 Å². The fourth-order valence-electron chi connectivity index (χ4n) is 12.3. The zero-order chi connectivity index (χ0) is 34.6. The predicted molar refractivity (Wildman–Crippen MR) is 172 cm³/mol. The van der Waals surface area contributed by atoms with Crippen molar-refractivity contribution in [2.75, 3.05) is 26.4 Å². The summed E-state index contributed by atoms with van der Waals surface area (Å²) < 4.78 is 22.5. The van der Waals surface area contributed by atoms with Gasteiger partial charge in [-0.1, -0.05) is 46.8 Å². The quantitative estimate of drug-likeness (QED) is 0.198. The van der Waals surface area contributed by atoms with Crippen molar-refractivity contribution in [1.82, 2.24) is 0 Å². The molecule has 10 atom stereocenters. The molecule has 0 heterocycles. The summed E-state index contributed by atoms with van der Waals surface area (Å²) in [5.41, 5.74) is 0.499. The zero-order valence-corrected chi connectivity index (χ0v) is 29.2. The molecule has 5 fully saturated rings. The van der Waals surface area contributed by atoms with Crippen molar-refractivity contribution in [3.63, 3.8) is 0 Å². The molecule has 5 aliphatic carbocycles. The molecule has 0 aromatic heterocycles. The molecule has 47 heavy (non-hydrogen) atoms. The summed E-state index contributed by atoms with van der Waals surface area (Å²) in [4.78, 5) is 47.4. The topological polar surface area (TPSA) is 146 Å². The number of allylic oxidation sites excluding steroid dienone is 1. The van der Waals surface area contributed by atoms with E-state index in [1.54, 1.807) is 0 Å². The monoisotopic (exact) mass is 660 g/mol. The van der Waals surface area contributed by atoms with Crippen molar-refractivity contribution in [2.24, 2.45) is 51.2 Å². The summed E-state index contributed by atoms with van der Waals surface area (Å²) in [6, 6.07) is 0. The summed E-state index contributed by atoms with van der Waals surface area (Å²) in [7, 11) is 0. The number of rotatable bonds is 11. The second-order valence-corrected chi connectivity index (χ2v) is 16.8. The predicted octanol–water partition coefficient (Wildman–Crippen LogP) is 6.05. The standard InChI is InChI=1S/C37H56O10/c1-22(2)23-10-15-37(47-31(43)21-45-19-29(40)41)17-16-35(6)24(32(23)37)8-9-26-34(5)13-12-27(46-30(42)20-44-18-28(38)39)33(3,4)25(34)11-14-36(26,35)7/h23-27,32H,1,8-21H2,2-7H3,(H,38,39)(H,40,41). The van der Waals surface area contributed by atoms with Crippen LogP contribution in [0.4, 0.5) is 0 Å². The van der Waals surface area contributed by atoms with Gasteiger partial charge >= 0.3 is 23.9 Å². The molecule has 0 bridgehead atoms. The van der Waals surface area contributed by atoms with Crippen molar-refractivity contribution >= 4 is 23.9 Å². The molecular formula is C37H56O10. The molecule has 0 aromatic carbocycles. The number of hydrogen-bond acceptors (Lipinski definition) is 8. The highest BCUT2D eigenvalue weighted by molar-refractivity contribution is 5.73.